The van der Waals surface area contributed by atoms with Crippen LogP contribution in [0.4, 0.5) is 4.79 Å². The van der Waals surface area contributed by atoms with Crippen molar-refractivity contribution in [3.63, 3.8) is 0 Å². The molecule has 2 atom stereocenters. The van der Waals surface area contributed by atoms with Gasteiger partial charge < -0.3 is 14.8 Å². The maximum absolute atomic E-state index is 14.3. The van der Waals surface area contributed by atoms with Gasteiger partial charge in [0.1, 0.15) is 12.6 Å². The van der Waals surface area contributed by atoms with E-state index in [1.807, 2.05) is 118 Å². The molecule has 5 aromatic carbocycles. The molecule has 0 heterocycles. The molecule has 0 saturated carbocycles. The van der Waals surface area contributed by atoms with Crippen molar-refractivity contribution >= 4 is 23.7 Å². The molecular weight excluding hydrogens is 594 g/mol. The van der Waals surface area contributed by atoms with Gasteiger partial charge in [0.2, 0.25) is 0 Å². The molecule has 46 heavy (non-hydrogen) atoms. The van der Waals surface area contributed by atoms with Crippen molar-refractivity contribution < 1.29 is 19.1 Å². The van der Waals surface area contributed by atoms with E-state index in [0.717, 1.165) is 38.9 Å². The molecular formula is C40H36ClNO4. The molecule has 0 fully saturated rings. The second-order valence-electron chi connectivity index (χ2n) is 12.0. The summed E-state index contributed by atoms with van der Waals surface area (Å²) >= 11 is 6.84. The summed E-state index contributed by atoms with van der Waals surface area (Å²) in [7, 11) is 0. The van der Waals surface area contributed by atoms with Crippen LogP contribution < -0.4 is 5.32 Å². The van der Waals surface area contributed by atoms with Crippen LogP contribution in [-0.2, 0) is 19.9 Å². The maximum Gasteiger partial charge on any atom is 0.407 e. The first-order chi connectivity index (χ1) is 22.3. The third kappa shape index (κ3) is 5.91. The van der Waals surface area contributed by atoms with Crippen LogP contribution >= 0.6 is 11.6 Å². The minimum absolute atomic E-state index is 0.102. The van der Waals surface area contributed by atoms with Gasteiger partial charge in [0.15, 0.2) is 5.60 Å². The van der Waals surface area contributed by atoms with Gasteiger partial charge in [-0.2, -0.15) is 0 Å². The maximum atomic E-state index is 14.3. The fraction of sp³-hybridized carbons (Fsp3) is 0.200. The lowest BCUT2D eigenvalue weighted by Crippen LogP contribution is -2.49. The summed E-state index contributed by atoms with van der Waals surface area (Å²) in [4.78, 5) is 27.6. The number of halogens is 1. The Kier molecular flexibility index (Phi) is 8.96. The standard InChI is InChI=1S/C40H36ClNO4/c1-26(2)37(42-39(44)45-25-34-32-17-9-7-15-30(32)31-16-8-10-18-33(31)34)38(43)46-40(28-13-5-4-6-14-28,29-23-21-27(3)22-24-29)35-19-11-12-20-36(35)41/h4-24,26,34,37H,25H2,1-3H3,(H,42,44)/t37-,40?/m0/s1. The van der Waals surface area contributed by atoms with E-state index in [0.29, 0.717) is 10.6 Å². The van der Waals surface area contributed by atoms with Crippen LogP contribution in [0.15, 0.2) is 127 Å². The number of ether oxygens (including phenoxy) is 2. The van der Waals surface area contributed by atoms with Crippen LogP contribution in [0.25, 0.3) is 11.1 Å². The Labute approximate surface area is 275 Å². The Hall–Kier alpha value is -4.87. The summed E-state index contributed by atoms with van der Waals surface area (Å²) < 4.78 is 12.4. The molecule has 0 aliphatic heterocycles. The van der Waals surface area contributed by atoms with Crippen molar-refractivity contribution in [3.8, 4) is 11.1 Å². The lowest BCUT2D eigenvalue weighted by atomic mass is 9.79. The van der Waals surface area contributed by atoms with E-state index in [-0.39, 0.29) is 18.4 Å². The summed E-state index contributed by atoms with van der Waals surface area (Å²) in [5, 5.41) is 3.27. The number of hydrogen-bond donors (Lipinski definition) is 1. The molecule has 1 N–H and O–H groups in total. The van der Waals surface area contributed by atoms with E-state index in [1.165, 1.54) is 0 Å². The minimum Gasteiger partial charge on any atom is -0.449 e. The monoisotopic (exact) mass is 629 g/mol. The molecule has 0 radical (unpaired) electrons. The highest BCUT2D eigenvalue weighted by Gasteiger charge is 2.44. The molecule has 0 bridgehead atoms. The predicted molar refractivity (Wildman–Crippen MR) is 182 cm³/mol. The predicted octanol–water partition coefficient (Wildman–Crippen LogP) is 9.05. The molecule has 5 nitrogen and oxygen atoms in total. The van der Waals surface area contributed by atoms with Gasteiger partial charge in [0, 0.05) is 27.6 Å². The van der Waals surface area contributed by atoms with Crippen LogP contribution in [0, 0.1) is 12.8 Å². The number of hydrogen-bond acceptors (Lipinski definition) is 4. The number of nitrogens with one attached hydrogen (secondary N) is 1. The molecule has 0 spiro atoms. The lowest BCUT2D eigenvalue weighted by Gasteiger charge is -2.37. The highest BCUT2D eigenvalue weighted by atomic mass is 35.5. The van der Waals surface area contributed by atoms with Gasteiger partial charge in [-0.15, -0.1) is 0 Å². The third-order valence-electron chi connectivity index (χ3n) is 8.68. The quantitative estimate of drug-likeness (QED) is 0.130. The van der Waals surface area contributed by atoms with Crippen LogP contribution in [-0.4, -0.2) is 24.7 Å². The van der Waals surface area contributed by atoms with E-state index in [9.17, 15) is 9.59 Å². The average Bonchev–Trinajstić information content (AvgIpc) is 3.39. The Morgan fingerprint density at radius 3 is 1.89 bits per heavy atom. The van der Waals surface area contributed by atoms with Gasteiger partial charge in [-0.05, 0) is 41.2 Å². The first-order valence-electron chi connectivity index (χ1n) is 15.5. The van der Waals surface area contributed by atoms with Crippen molar-refractivity contribution in [2.75, 3.05) is 6.61 Å². The number of amides is 1. The molecule has 1 aliphatic carbocycles. The Morgan fingerprint density at radius 2 is 1.28 bits per heavy atom. The van der Waals surface area contributed by atoms with Crippen molar-refractivity contribution in [1.82, 2.24) is 5.32 Å². The largest absolute Gasteiger partial charge is 0.449 e. The molecule has 1 unspecified atom stereocenters. The summed E-state index contributed by atoms with van der Waals surface area (Å²) in [6.45, 7) is 5.86. The molecule has 1 amide bonds. The molecule has 1 aliphatic rings. The summed E-state index contributed by atoms with van der Waals surface area (Å²) in [6.07, 6.45) is -0.684. The number of rotatable bonds is 9. The van der Waals surface area contributed by atoms with E-state index >= 15 is 0 Å². The first-order valence-corrected chi connectivity index (χ1v) is 15.9. The average molecular weight is 630 g/mol. The van der Waals surface area contributed by atoms with Gasteiger partial charge >= 0.3 is 12.1 Å². The first kappa shape index (κ1) is 31.1. The second kappa shape index (κ2) is 13.2. The zero-order valence-corrected chi connectivity index (χ0v) is 26.8. The topological polar surface area (TPSA) is 64.6 Å². The number of carbonyl (C=O) groups is 2. The number of aryl methyl sites for hydroxylation is 1. The molecule has 6 heteroatoms. The van der Waals surface area contributed by atoms with Crippen LogP contribution in [0.1, 0.15) is 53.1 Å². The van der Waals surface area contributed by atoms with Gasteiger partial charge in [-0.25, -0.2) is 9.59 Å². The summed E-state index contributed by atoms with van der Waals surface area (Å²) in [5.41, 5.74) is 6.26. The van der Waals surface area contributed by atoms with Gasteiger partial charge in [-0.1, -0.05) is 152 Å². The Bertz CT molecular complexity index is 1810. The Morgan fingerprint density at radius 1 is 0.739 bits per heavy atom. The van der Waals surface area contributed by atoms with Crippen molar-refractivity contribution in [2.45, 2.75) is 38.3 Å². The van der Waals surface area contributed by atoms with Crippen molar-refractivity contribution in [3.05, 3.63) is 166 Å². The highest BCUT2D eigenvalue weighted by Crippen LogP contribution is 2.45. The van der Waals surface area contributed by atoms with Crippen LogP contribution in [0.5, 0.6) is 0 Å². The number of carbonyl (C=O) groups excluding carboxylic acids is 2. The number of benzene rings is 5. The molecule has 5 aromatic rings. The molecule has 232 valence electrons. The highest BCUT2D eigenvalue weighted by molar-refractivity contribution is 6.31. The smallest absolute Gasteiger partial charge is 0.407 e. The summed E-state index contributed by atoms with van der Waals surface area (Å²) in [5.74, 6) is -1.01. The van der Waals surface area contributed by atoms with Gasteiger partial charge in [0.25, 0.3) is 0 Å². The summed E-state index contributed by atoms with van der Waals surface area (Å²) in [6, 6.07) is 40.1. The lowest BCUT2D eigenvalue weighted by molar-refractivity contribution is -0.157. The minimum atomic E-state index is -1.39. The fourth-order valence-corrected chi connectivity index (χ4v) is 6.61. The number of fused-ring (bicyclic) bond motifs is 3. The van der Waals surface area contributed by atoms with Crippen molar-refractivity contribution in [1.29, 1.82) is 0 Å². The SMILES string of the molecule is Cc1ccc(C(OC(=O)[C@@H](NC(=O)OCC2c3ccccc3-c3ccccc32)C(C)C)(c2ccccc2)c2ccccc2Cl)cc1. The molecule has 6 rings (SSSR count). The number of esters is 1. The third-order valence-corrected chi connectivity index (χ3v) is 9.01. The normalized spacial score (nSPS) is 14.1. The second-order valence-corrected chi connectivity index (χ2v) is 12.4. The van der Waals surface area contributed by atoms with Crippen molar-refractivity contribution in [2.24, 2.45) is 5.92 Å². The van der Waals surface area contributed by atoms with Gasteiger partial charge in [-0.3, -0.25) is 0 Å². The van der Waals surface area contributed by atoms with E-state index in [4.69, 9.17) is 21.1 Å². The fourth-order valence-electron chi connectivity index (χ4n) is 6.34. The van der Waals surface area contributed by atoms with Crippen LogP contribution in [0.2, 0.25) is 5.02 Å². The number of alkyl carbamates (subject to hydrolysis) is 1. The zero-order valence-electron chi connectivity index (χ0n) is 26.1. The van der Waals surface area contributed by atoms with Gasteiger partial charge in [0.05, 0.1) is 0 Å². The van der Waals surface area contributed by atoms with E-state index in [2.05, 4.69) is 29.6 Å². The molecule has 0 saturated heterocycles. The van der Waals surface area contributed by atoms with E-state index in [1.54, 1.807) is 6.07 Å². The van der Waals surface area contributed by atoms with E-state index < -0.39 is 23.7 Å². The zero-order chi connectivity index (χ0) is 32.3. The molecule has 0 aromatic heterocycles. The van der Waals surface area contributed by atoms with Crippen LogP contribution in [0.3, 0.4) is 0 Å². The Balaban J connectivity index is 1.29.